The van der Waals surface area contributed by atoms with E-state index in [1.54, 1.807) is 23.5 Å². The van der Waals surface area contributed by atoms with Crippen molar-refractivity contribution < 1.29 is 18.3 Å². The van der Waals surface area contributed by atoms with E-state index < -0.39 is 21.7 Å². The van der Waals surface area contributed by atoms with E-state index >= 15 is 0 Å². The molecule has 10 heteroatoms. The lowest BCUT2D eigenvalue weighted by atomic mass is 10.5. The Morgan fingerprint density at radius 3 is 2.95 bits per heavy atom. The fourth-order valence-corrected chi connectivity index (χ4v) is 6.47. The molecule has 19 heavy (non-hydrogen) atoms. The van der Waals surface area contributed by atoms with Crippen LogP contribution in [0.1, 0.15) is 10.5 Å². The van der Waals surface area contributed by atoms with E-state index in [1.165, 1.54) is 5.51 Å². The molecule has 0 saturated carbocycles. The molecular formula is C9H12N2O4S4. The van der Waals surface area contributed by atoms with Gasteiger partial charge in [-0.3, -0.25) is 0 Å². The Kier molecular flexibility index (Phi) is 5.12. The molecule has 6 nitrogen and oxygen atoms in total. The van der Waals surface area contributed by atoms with Crippen LogP contribution in [0.15, 0.2) is 9.72 Å². The highest BCUT2D eigenvalue weighted by atomic mass is 32.2. The fourth-order valence-electron chi connectivity index (χ4n) is 1.49. The number of thioether (sulfide) groups is 2. The Morgan fingerprint density at radius 2 is 2.32 bits per heavy atom. The number of nitrogens with one attached hydrogen (secondary N) is 1. The van der Waals surface area contributed by atoms with Gasteiger partial charge >= 0.3 is 5.97 Å². The van der Waals surface area contributed by atoms with E-state index in [2.05, 4.69) is 9.71 Å². The number of carbonyl (C=O) groups is 1. The maximum Gasteiger partial charge on any atom is 0.356 e. The molecule has 0 spiro atoms. The van der Waals surface area contributed by atoms with Gasteiger partial charge in [0.05, 0.1) is 5.51 Å². The second-order valence-corrected chi connectivity index (χ2v) is 9.09. The minimum absolute atomic E-state index is 0.228. The van der Waals surface area contributed by atoms with Crippen LogP contribution in [0.5, 0.6) is 0 Å². The summed E-state index contributed by atoms with van der Waals surface area (Å²) in [6.07, 6.45) is 0. The molecule has 1 aromatic heterocycles. The number of aromatic nitrogens is 1. The lowest BCUT2D eigenvalue weighted by molar-refractivity contribution is 0.0687. The Balaban J connectivity index is 2.05. The second-order valence-electron chi connectivity index (χ2n) is 3.71. The van der Waals surface area contributed by atoms with Crippen molar-refractivity contribution in [2.75, 3.05) is 23.8 Å². The highest BCUT2D eigenvalue weighted by Gasteiger charge is 2.26. The molecule has 106 valence electrons. The minimum atomic E-state index is -3.79. The maximum atomic E-state index is 12.0. The first-order valence-corrected chi connectivity index (χ1v) is 9.93. The van der Waals surface area contributed by atoms with Gasteiger partial charge in [-0.25, -0.2) is 22.9 Å². The van der Waals surface area contributed by atoms with Gasteiger partial charge < -0.3 is 5.11 Å². The van der Waals surface area contributed by atoms with E-state index in [4.69, 9.17) is 5.11 Å². The normalized spacial score (nSPS) is 20.3. The zero-order valence-electron chi connectivity index (χ0n) is 9.74. The third kappa shape index (κ3) is 3.85. The van der Waals surface area contributed by atoms with Crippen LogP contribution < -0.4 is 4.72 Å². The molecule has 0 amide bonds. The number of hydrogen-bond acceptors (Lipinski definition) is 7. The van der Waals surface area contributed by atoms with Crippen LogP contribution in [0.4, 0.5) is 0 Å². The van der Waals surface area contributed by atoms with E-state index in [-0.39, 0.29) is 9.46 Å². The summed E-state index contributed by atoms with van der Waals surface area (Å²) < 4.78 is 26.3. The molecule has 2 heterocycles. The van der Waals surface area contributed by atoms with Crippen LogP contribution in [0.3, 0.4) is 0 Å². The van der Waals surface area contributed by atoms with Gasteiger partial charge in [0.1, 0.15) is 0 Å². The van der Waals surface area contributed by atoms with Crippen molar-refractivity contribution in [3.8, 4) is 0 Å². The summed E-state index contributed by atoms with van der Waals surface area (Å²) in [5.41, 5.74) is 0.812. The fraction of sp³-hybridized carbons (Fsp3) is 0.556. The van der Waals surface area contributed by atoms with E-state index in [1.807, 2.05) is 0 Å². The molecule has 2 N–H and O–H groups in total. The van der Waals surface area contributed by atoms with Gasteiger partial charge in [0.15, 0.2) is 9.90 Å². The molecule has 0 aliphatic carbocycles. The van der Waals surface area contributed by atoms with E-state index in [0.29, 0.717) is 6.54 Å². The maximum absolute atomic E-state index is 12.0. The highest BCUT2D eigenvalue weighted by Crippen LogP contribution is 2.24. The monoisotopic (exact) mass is 340 g/mol. The molecule has 1 aromatic rings. The number of nitrogens with zero attached hydrogens (tertiary/aromatic N) is 1. The second kappa shape index (κ2) is 6.44. The summed E-state index contributed by atoms with van der Waals surface area (Å²) in [4.78, 5) is 14.4. The van der Waals surface area contributed by atoms with Gasteiger partial charge in [-0.1, -0.05) is 0 Å². The lowest BCUT2D eigenvalue weighted by Crippen LogP contribution is -2.33. The van der Waals surface area contributed by atoms with Crippen molar-refractivity contribution in [3.63, 3.8) is 0 Å². The van der Waals surface area contributed by atoms with Crippen molar-refractivity contribution in [3.05, 3.63) is 11.2 Å². The summed E-state index contributed by atoms with van der Waals surface area (Å²) in [5.74, 6) is 1.68. The zero-order chi connectivity index (χ0) is 13.9. The van der Waals surface area contributed by atoms with Crippen LogP contribution in [0.25, 0.3) is 0 Å². The molecule has 1 saturated heterocycles. The number of sulfonamides is 1. The van der Waals surface area contributed by atoms with Crippen LogP contribution in [-0.4, -0.2) is 53.5 Å². The number of carboxylic acid groups (broad SMARTS) is 1. The van der Waals surface area contributed by atoms with Crippen molar-refractivity contribution in [1.82, 2.24) is 9.71 Å². The van der Waals surface area contributed by atoms with Gasteiger partial charge in [-0.15, -0.1) is 11.3 Å². The number of carboxylic acids is 1. The summed E-state index contributed by atoms with van der Waals surface area (Å²) in [6.45, 7) is 0.316. The van der Waals surface area contributed by atoms with Crippen molar-refractivity contribution in [2.24, 2.45) is 0 Å². The molecule has 1 atom stereocenters. The van der Waals surface area contributed by atoms with Gasteiger partial charge in [0, 0.05) is 29.1 Å². The number of rotatable bonds is 5. The largest absolute Gasteiger partial charge is 0.476 e. The average molecular weight is 340 g/mol. The molecule has 2 rings (SSSR count). The first kappa shape index (κ1) is 15.1. The quantitative estimate of drug-likeness (QED) is 0.824. The van der Waals surface area contributed by atoms with Gasteiger partial charge in [-0.2, -0.15) is 23.5 Å². The smallest absolute Gasteiger partial charge is 0.356 e. The lowest BCUT2D eigenvalue weighted by Gasteiger charge is -2.20. The molecule has 0 aromatic carbocycles. The molecular weight excluding hydrogens is 328 g/mol. The Morgan fingerprint density at radius 1 is 1.53 bits per heavy atom. The van der Waals surface area contributed by atoms with Gasteiger partial charge in [-0.05, 0) is 0 Å². The van der Waals surface area contributed by atoms with Crippen LogP contribution in [0.2, 0.25) is 0 Å². The zero-order valence-corrected chi connectivity index (χ0v) is 13.0. The Bertz CT molecular complexity index is 550. The van der Waals surface area contributed by atoms with Crippen molar-refractivity contribution >= 4 is 50.9 Å². The molecule has 1 aliphatic rings. The first-order valence-electron chi connectivity index (χ1n) is 5.36. The molecule has 1 aliphatic heterocycles. The van der Waals surface area contributed by atoms with Crippen LogP contribution in [-0.2, 0) is 10.0 Å². The molecule has 0 radical (unpaired) electrons. The molecule has 1 fully saturated rings. The third-order valence-corrected chi connectivity index (χ3v) is 8.01. The first-order chi connectivity index (χ1) is 9.00. The Hall–Kier alpha value is -0.290. The van der Waals surface area contributed by atoms with E-state index in [9.17, 15) is 13.2 Å². The summed E-state index contributed by atoms with van der Waals surface area (Å²) in [5, 5.41) is 9.11. The molecule has 1 unspecified atom stereocenters. The van der Waals surface area contributed by atoms with Gasteiger partial charge in [0.2, 0.25) is 0 Å². The van der Waals surface area contributed by atoms with Crippen molar-refractivity contribution in [2.45, 2.75) is 9.46 Å². The predicted octanol–water partition coefficient (Wildman–Crippen LogP) is 0.968. The highest BCUT2D eigenvalue weighted by molar-refractivity contribution is 8.06. The predicted molar refractivity (Wildman–Crippen MR) is 77.8 cm³/mol. The number of thiazole rings is 1. The third-order valence-electron chi connectivity index (χ3n) is 2.37. The van der Waals surface area contributed by atoms with Crippen LogP contribution in [0, 0.1) is 0 Å². The standard InChI is InChI=1S/C9H12N2O4S4/c12-8(13)7-9(18-5-10-7)19(14,15)11-3-6-4-16-1-2-17-6/h5-6,11H,1-4H2,(H,12,13). The topological polar surface area (TPSA) is 96.4 Å². The summed E-state index contributed by atoms with van der Waals surface area (Å²) >= 11 is 4.35. The number of aromatic carboxylic acids is 1. The van der Waals surface area contributed by atoms with E-state index in [0.717, 1.165) is 28.6 Å². The average Bonchev–Trinajstić information content (AvgIpc) is 2.88. The molecule has 0 bridgehead atoms. The summed E-state index contributed by atoms with van der Waals surface area (Å²) in [7, 11) is -3.79. The summed E-state index contributed by atoms with van der Waals surface area (Å²) in [6, 6.07) is 0. The van der Waals surface area contributed by atoms with Crippen molar-refractivity contribution in [1.29, 1.82) is 0 Å². The van der Waals surface area contributed by atoms with Gasteiger partial charge in [0.25, 0.3) is 10.0 Å². The number of hydrogen-bond donors (Lipinski definition) is 2. The Labute approximate surface area is 123 Å². The SMILES string of the molecule is O=C(O)c1ncsc1S(=O)(=O)NCC1CSCCS1. The van der Waals surface area contributed by atoms with Crippen LogP contribution >= 0.6 is 34.9 Å². The minimum Gasteiger partial charge on any atom is -0.476 e.